The van der Waals surface area contributed by atoms with Gasteiger partial charge in [-0.15, -0.1) is 11.8 Å². The first-order valence-electron chi connectivity index (χ1n) is 6.62. The van der Waals surface area contributed by atoms with E-state index >= 15 is 0 Å². The van der Waals surface area contributed by atoms with Crippen LogP contribution in [0, 0.1) is 11.8 Å². The summed E-state index contributed by atoms with van der Waals surface area (Å²) in [6.45, 7) is 3.78. The maximum atomic E-state index is 5.59. The van der Waals surface area contributed by atoms with Gasteiger partial charge in [0.15, 0.2) is 6.29 Å². The molecule has 0 aliphatic carbocycles. The van der Waals surface area contributed by atoms with E-state index in [0.29, 0.717) is 6.61 Å². The normalized spacial score (nSPS) is 20.2. The van der Waals surface area contributed by atoms with Gasteiger partial charge in [-0.3, -0.25) is 0 Å². The van der Waals surface area contributed by atoms with Crippen LogP contribution >= 0.6 is 0 Å². The molecule has 0 aromatic carbocycles. The summed E-state index contributed by atoms with van der Waals surface area (Å²) in [5, 5.41) is 0. The number of unbranched alkanes of at least 4 members (excludes halogenated alkanes) is 3. The molecule has 2 heteroatoms. The molecule has 1 unspecified atom stereocenters. The van der Waals surface area contributed by atoms with Crippen molar-refractivity contribution in [2.45, 2.75) is 64.6 Å². The van der Waals surface area contributed by atoms with Gasteiger partial charge >= 0.3 is 0 Å². The summed E-state index contributed by atoms with van der Waals surface area (Å²) >= 11 is 0. The van der Waals surface area contributed by atoms with Crippen LogP contribution in [0.4, 0.5) is 0 Å². The lowest BCUT2D eigenvalue weighted by atomic mass is 10.2. The van der Waals surface area contributed by atoms with Gasteiger partial charge in [-0.05, 0) is 25.7 Å². The summed E-state index contributed by atoms with van der Waals surface area (Å²) in [7, 11) is 0. The van der Waals surface area contributed by atoms with Crippen molar-refractivity contribution >= 4 is 0 Å². The summed E-state index contributed by atoms with van der Waals surface area (Å²) in [5.41, 5.74) is 0. The quantitative estimate of drug-likeness (QED) is 0.508. The van der Waals surface area contributed by atoms with Crippen LogP contribution in [-0.2, 0) is 9.47 Å². The van der Waals surface area contributed by atoms with Crippen molar-refractivity contribution in [1.29, 1.82) is 0 Å². The van der Waals surface area contributed by atoms with Gasteiger partial charge in [-0.1, -0.05) is 19.8 Å². The molecule has 16 heavy (non-hydrogen) atoms. The summed E-state index contributed by atoms with van der Waals surface area (Å²) in [6.07, 6.45) is 9.16. The van der Waals surface area contributed by atoms with Gasteiger partial charge in [0, 0.05) is 19.4 Å². The second-order valence-electron chi connectivity index (χ2n) is 4.23. The van der Waals surface area contributed by atoms with Gasteiger partial charge in [0.1, 0.15) is 0 Å². The molecule has 0 aromatic heterocycles. The first-order valence-corrected chi connectivity index (χ1v) is 6.62. The number of rotatable bonds is 6. The third-order valence-corrected chi connectivity index (χ3v) is 2.70. The maximum absolute atomic E-state index is 5.59. The molecule has 1 atom stereocenters. The standard InChI is InChI=1S/C14H24O2/c1-2-3-4-5-6-7-9-12-15-14-11-8-10-13-16-14/h14H,2-5,8-13H2,1H3. The lowest BCUT2D eigenvalue weighted by Crippen LogP contribution is -2.22. The highest BCUT2D eigenvalue weighted by atomic mass is 16.7. The summed E-state index contributed by atoms with van der Waals surface area (Å²) in [4.78, 5) is 0. The average molecular weight is 224 g/mol. The van der Waals surface area contributed by atoms with Gasteiger partial charge < -0.3 is 9.47 Å². The molecule has 1 heterocycles. The van der Waals surface area contributed by atoms with E-state index in [1.165, 1.54) is 32.1 Å². The van der Waals surface area contributed by atoms with E-state index in [2.05, 4.69) is 18.8 Å². The SMILES string of the molecule is CCCCCC#CCCOC1CCCCO1. The largest absolute Gasteiger partial charge is 0.353 e. The van der Waals surface area contributed by atoms with Crippen LogP contribution in [0.2, 0.25) is 0 Å². The zero-order valence-corrected chi connectivity index (χ0v) is 10.5. The molecule has 92 valence electrons. The van der Waals surface area contributed by atoms with Crippen LogP contribution in [0.15, 0.2) is 0 Å². The predicted octanol–water partition coefficient (Wildman–Crippen LogP) is 3.50. The van der Waals surface area contributed by atoms with Crippen LogP contribution < -0.4 is 0 Å². The first-order chi connectivity index (χ1) is 7.93. The van der Waals surface area contributed by atoms with Crippen molar-refractivity contribution in [2.75, 3.05) is 13.2 Å². The van der Waals surface area contributed by atoms with Crippen molar-refractivity contribution < 1.29 is 9.47 Å². The van der Waals surface area contributed by atoms with Gasteiger partial charge in [-0.25, -0.2) is 0 Å². The van der Waals surface area contributed by atoms with Crippen molar-refractivity contribution in [3.63, 3.8) is 0 Å². The lowest BCUT2D eigenvalue weighted by molar-refractivity contribution is -0.161. The van der Waals surface area contributed by atoms with E-state index < -0.39 is 0 Å². The van der Waals surface area contributed by atoms with Gasteiger partial charge in [-0.2, -0.15) is 0 Å². The maximum Gasteiger partial charge on any atom is 0.157 e. The molecule has 1 saturated heterocycles. The summed E-state index contributed by atoms with van der Waals surface area (Å²) in [6, 6.07) is 0. The van der Waals surface area contributed by atoms with Crippen molar-refractivity contribution in [3.05, 3.63) is 0 Å². The summed E-state index contributed by atoms with van der Waals surface area (Å²) < 4.78 is 11.1. The van der Waals surface area contributed by atoms with Crippen molar-refractivity contribution in [3.8, 4) is 11.8 Å². The van der Waals surface area contributed by atoms with Crippen LogP contribution in [-0.4, -0.2) is 19.5 Å². The zero-order chi connectivity index (χ0) is 11.5. The minimum atomic E-state index is 0.0376. The molecule has 0 aromatic rings. The molecule has 2 nitrogen and oxygen atoms in total. The molecule has 0 amide bonds. The Morgan fingerprint density at radius 3 is 2.81 bits per heavy atom. The van der Waals surface area contributed by atoms with E-state index in [0.717, 1.165) is 25.9 Å². The number of hydrogen-bond donors (Lipinski definition) is 0. The third-order valence-electron chi connectivity index (χ3n) is 2.70. The van der Waals surface area contributed by atoms with E-state index in [9.17, 15) is 0 Å². The fraction of sp³-hybridized carbons (Fsp3) is 0.857. The van der Waals surface area contributed by atoms with Crippen LogP contribution in [0.25, 0.3) is 0 Å². The molecule has 0 saturated carbocycles. The molecule has 1 aliphatic rings. The fourth-order valence-corrected chi connectivity index (χ4v) is 1.72. The van der Waals surface area contributed by atoms with Crippen molar-refractivity contribution in [2.24, 2.45) is 0 Å². The highest BCUT2D eigenvalue weighted by Gasteiger charge is 2.12. The predicted molar refractivity (Wildman–Crippen MR) is 66.1 cm³/mol. The molecule has 1 rings (SSSR count). The third kappa shape index (κ3) is 6.87. The number of hydrogen-bond acceptors (Lipinski definition) is 2. The van der Waals surface area contributed by atoms with Gasteiger partial charge in [0.05, 0.1) is 6.61 Å². The fourth-order valence-electron chi connectivity index (χ4n) is 1.72. The molecule has 1 fully saturated rings. The lowest BCUT2D eigenvalue weighted by Gasteiger charge is -2.22. The van der Waals surface area contributed by atoms with E-state index in [4.69, 9.17) is 9.47 Å². The topological polar surface area (TPSA) is 18.5 Å². The minimum absolute atomic E-state index is 0.0376. The molecule has 0 N–H and O–H groups in total. The van der Waals surface area contributed by atoms with E-state index in [1.807, 2.05) is 0 Å². The van der Waals surface area contributed by atoms with E-state index in [-0.39, 0.29) is 6.29 Å². The Bertz CT molecular complexity index is 209. The minimum Gasteiger partial charge on any atom is -0.353 e. The Morgan fingerprint density at radius 2 is 2.06 bits per heavy atom. The second kappa shape index (κ2) is 9.69. The Labute approximate surface area is 99.7 Å². The van der Waals surface area contributed by atoms with Crippen LogP contribution in [0.5, 0.6) is 0 Å². The molecular weight excluding hydrogens is 200 g/mol. The highest BCUT2D eigenvalue weighted by Crippen LogP contribution is 2.13. The second-order valence-corrected chi connectivity index (χ2v) is 4.23. The molecular formula is C14H24O2. The van der Waals surface area contributed by atoms with Crippen molar-refractivity contribution in [1.82, 2.24) is 0 Å². The first kappa shape index (κ1) is 13.5. The van der Waals surface area contributed by atoms with Gasteiger partial charge in [0.25, 0.3) is 0 Å². The molecule has 0 radical (unpaired) electrons. The Kier molecular flexibility index (Phi) is 8.20. The Hall–Kier alpha value is -0.520. The molecule has 0 spiro atoms. The zero-order valence-electron chi connectivity index (χ0n) is 10.5. The number of ether oxygens (including phenoxy) is 2. The smallest absolute Gasteiger partial charge is 0.157 e. The molecule has 1 aliphatic heterocycles. The van der Waals surface area contributed by atoms with Crippen LogP contribution in [0.3, 0.4) is 0 Å². The van der Waals surface area contributed by atoms with E-state index in [1.54, 1.807) is 0 Å². The van der Waals surface area contributed by atoms with Gasteiger partial charge in [0.2, 0.25) is 0 Å². The Balaban J connectivity index is 1.90. The average Bonchev–Trinajstić information content (AvgIpc) is 2.34. The Morgan fingerprint density at radius 1 is 1.19 bits per heavy atom. The monoisotopic (exact) mass is 224 g/mol. The highest BCUT2D eigenvalue weighted by molar-refractivity contribution is 4.98. The summed E-state index contributed by atoms with van der Waals surface area (Å²) in [5.74, 6) is 6.34. The molecule has 0 bridgehead atoms. The van der Waals surface area contributed by atoms with Crippen LogP contribution in [0.1, 0.15) is 58.3 Å².